The van der Waals surface area contributed by atoms with Crippen molar-refractivity contribution in [3.05, 3.63) is 22.2 Å². The van der Waals surface area contributed by atoms with Crippen LogP contribution in [0.5, 0.6) is 0 Å². The number of aromatic nitrogens is 1. The summed E-state index contributed by atoms with van der Waals surface area (Å²) in [4.78, 5) is 39.6. The Kier molecular flexibility index (Phi) is 4.78. The van der Waals surface area contributed by atoms with Gasteiger partial charge in [-0.15, -0.1) is 0 Å². The second-order valence-electron chi connectivity index (χ2n) is 7.31. The molecule has 2 fully saturated rings. The molecule has 0 saturated carbocycles. The van der Waals surface area contributed by atoms with Crippen LogP contribution < -0.4 is 5.56 Å². The molecule has 24 heavy (non-hydrogen) atoms. The summed E-state index contributed by atoms with van der Waals surface area (Å²) >= 11 is 0. The SMILES string of the molecule is CC(C)CN1CC(C(=O)N2CCC(c3cc(=O)[nH]o3)CC2)CC1=O. The fourth-order valence-corrected chi connectivity index (χ4v) is 3.70. The van der Waals surface area contributed by atoms with E-state index in [1.165, 1.54) is 6.07 Å². The number of amides is 2. The summed E-state index contributed by atoms with van der Waals surface area (Å²) in [5.41, 5.74) is -0.224. The highest BCUT2D eigenvalue weighted by Crippen LogP contribution is 2.29. The Bertz CT molecular complexity index is 655. The summed E-state index contributed by atoms with van der Waals surface area (Å²) in [6.45, 7) is 6.71. The molecule has 1 N–H and O–H groups in total. The van der Waals surface area contributed by atoms with Gasteiger partial charge in [-0.05, 0) is 18.8 Å². The maximum atomic E-state index is 12.7. The zero-order valence-electron chi connectivity index (χ0n) is 14.3. The highest BCUT2D eigenvalue weighted by atomic mass is 16.5. The molecule has 2 aliphatic rings. The normalized spacial score (nSPS) is 22.6. The second kappa shape index (κ2) is 6.83. The van der Waals surface area contributed by atoms with Crippen molar-refractivity contribution < 1.29 is 14.1 Å². The molecular weight excluding hydrogens is 310 g/mol. The molecule has 7 nitrogen and oxygen atoms in total. The number of nitrogens with zero attached hydrogens (tertiary/aromatic N) is 2. The van der Waals surface area contributed by atoms with Crippen molar-refractivity contribution in [2.24, 2.45) is 11.8 Å². The molecular formula is C17H25N3O4. The Labute approximate surface area is 140 Å². The third-order valence-corrected chi connectivity index (χ3v) is 4.90. The Hall–Kier alpha value is -2.05. The Morgan fingerprint density at radius 1 is 1.33 bits per heavy atom. The zero-order valence-corrected chi connectivity index (χ0v) is 14.3. The van der Waals surface area contributed by atoms with E-state index in [-0.39, 0.29) is 29.2 Å². The van der Waals surface area contributed by atoms with E-state index in [0.29, 0.717) is 37.7 Å². The second-order valence-corrected chi connectivity index (χ2v) is 7.31. The van der Waals surface area contributed by atoms with E-state index in [9.17, 15) is 14.4 Å². The first-order valence-electron chi connectivity index (χ1n) is 8.69. The van der Waals surface area contributed by atoms with Crippen molar-refractivity contribution in [1.82, 2.24) is 15.0 Å². The third kappa shape index (κ3) is 3.55. The molecule has 2 amide bonds. The number of rotatable bonds is 4. The van der Waals surface area contributed by atoms with Gasteiger partial charge in [-0.1, -0.05) is 13.8 Å². The molecule has 3 heterocycles. The van der Waals surface area contributed by atoms with Gasteiger partial charge in [0.2, 0.25) is 11.8 Å². The van der Waals surface area contributed by atoms with E-state index < -0.39 is 0 Å². The summed E-state index contributed by atoms with van der Waals surface area (Å²) in [6.07, 6.45) is 1.89. The summed E-state index contributed by atoms with van der Waals surface area (Å²) < 4.78 is 5.17. The van der Waals surface area contributed by atoms with E-state index in [1.54, 1.807) is 0 Å². The van der Waals surface area contributed by atoms with E-state index >= 15 is 0 Å². The summed E-state index contributed by atoms with van der Waals surface area (Å²) in [6, 6.07) is 1.49. The predicted octanol–water partition coefficient (Wildman–Crippen LogP) is 1.18. The lowest BCUT2D eigenvalue weighted by atomic mass is 9.93. The molecule has 132 valence electrons. The van der Waals surface area contributed by atoms with Gasteiger partial charge in [0.1, 0.15) is 5.76 Å². The largest absolute Gasteiger partial charge is 0.383 e. The number of piperidine rings is 1. The van der Waals surface area contributed by atoms with Crippen LogP contribution in [0, 0.1) is 11.8 Å². The Morgan fingerprint density at radius 3 is 2.62 bits per heavy atom. The first-order valence-corrected chi connectivity index (χ1v) is 8.69. The monoisotopic (exact) mass is 335 g/mol. The summed E-state index contributed by atoms with van der Waals surface area (Å²) in [5, 5.41) is 2.32. The summed E-state index contributed by atoms with van der Waals surface area (Å²) in [7, 11) is 0. The molecule has 0 aromatic carbocycles. The molecule has 2 saturated heterocycles. The number of nitrogens with one attached hydrogen (secondary N) is 1. The third-order valence-electron chi connectivity index (χ3n) is 4.90. The lowest BCUT2D eigenvalue weighted by Crippen LogP contribution is -2.42. The highest BCUT2D eigenvalue weighted by molar-refractivity contribution is 5.89. The van der Waals surface area contributed by atoms with Crippen molar-refractivity contribution in [3.8, 4) is 0 Å². The predicted molar refractivity (Wildman–Crippen MR) is 87.4 cm³/mol. The minimum Gasteiger partial charge on any atom is -0.383 e. The first kappa shape index (κ1) is 16.8. The van der Waals surface area contributed by atoms with Crippen molar-refractivity contribution in [3.63, 3.8) is 0 Å². The first-order chi connectivity index (χ1) is 11.4. The molecule has 0 bridgehead atoms. The van der Waals surface area contributed by atoms with Gasteiger partial charge in [0.15, 0.2) is 0 Å². The molecule has 3 rings (SSSR count). The van der Waals surface area contributed by atoms with Gasteiger partial charge >= 0.3 is 0 Å². The molecule has 1 unspecified atom stereocenters. The fraction of sp³-hybridized carbons (Fsp3) is 0.706. The molecule has 1 aromatic rings. The van der Waals surface area contributed by atoms with Crippen molar-refractivity contribution in [2.45, 2.75) is 39.0 Å². The lowest BCUT2D eigenvalue weighted by Gasteiger charge is -2.32. The van der Waals surface area contributed by atoms with Gasteiger partial charge in [0, 0.05) is 44.6 Å². The Morgan fingerprint density at radius 2 is 2.04 bits per heavy atom. The standard InChI is InChI=1S/C17H25N3O4/c1-11(2)9-20-10-13(7-16(20)22)17(23)19-5-3-12(4-6-19)14-8-15(21)18-24-14/h8,11-13H,3-7,9-10H2,1-2H3,(H,18,21). The maximum absolute atomic E-state index is 12.7. The van der Waals surface area contributed by atoms with Crippen LogP contribution in [-0.4, -0.2) is 52.9 Å². The minimum atomic E-state index is -0.224. The Balaban J connectivity index is 1.54. The van der Waals surface area contributed by atoms with Crippen LogP contribution in [0.4, 0.5) is 0 Å². The topological polar surface area (TPSA) is 86.6 Å². The average Bonchev–Trinajstić information content (AvgIpc) is 3.13. The number of hydrogen-bond donors (Lipinski definition) is 1. The van der Waals surface area contributed by atoms with Gasteiger partial charge in [-0.25, -0.2) is 0 Å². The smallest absolute Gasteiger partial charge is 0.280 e. The van der Waals surface area contributed by atoms with Gasteiger partial charge < -0.3 is 14.3 Å². The summed E-state index contributed by atoms with van der Waals surface area (Å²) in [5.74, 6) is 1.23. The van der Waals surface area contributed by atoms with Crippen molar-refractivity contribution in [2.75, 3.05) is 26.2 Å². The van der Waals surface area contributed by atoms with Crippen LogP contribution in [0.15, 0.2) is 15.4 Å². The van der Waals surface area contributed by atoms with E-state index in [2.05, 4.69) is 19.0 Å². The number of H-pyrrole nitrogens is 1. The highest BCUT2D eigenvalue weighted by Gasteiger charge is 2.37. The molecule has 0 spiro atoms. The lowest BCUT2D eigenvalue weighted by molar-refractivity contribution is -0.136. The maximum Gasteiger partial charge on any atom is 0.280 e. The van der Waals surface area contributed by atoms with E-state index in [0.717, 1.165) is 19.4 Å². The number of aromatic amines is 1. The average molecular weight is 335 g/mol. The van der Waals surface area contributed by atoms with Crippen LogP contribution in [0.1, 0.15) is 44.8 Å². The molecule has 2 aliphatic heterocycles. The number of carbonyl (C=O) groups is 2. The molecule has 7 heteroatoms. The molecule has 0 radical (unpaired) electrons. The fourth-order valence-electron chi connectivity index (χ4n) is 3.70. The quantitative estimate of drug-likeness (QED) is 0.895. The number of likely N-dealkylation sites (tertiary alicyclic amines) is 2. The number of hydrogen-bond acceptors (Lipinski definition) is 4. The van der Waals surface area contributed by atoms with Crippen molar-refractivity contribution >= 4 is 11.8 Å². The van der Waals surface area contributed by atoms with E-state index in [1.807, 2.05) is 9.80 Å². The van der Waals surface area contributed by atoms with Crippen LogP contribution in [0.3, 0.4) is 0 Å². The van der Waals surface area contributed by atoms with Gasteiger partial charge in [-0.2, -0.15) is 5.16 Å². The van der Waals surface area contributed by atoms with E-state index in [4.69, 9.17) is 4.52 Å². The minimum absolute atomic E-state index is 0.0866. The van der Waals surface area contributed by atoms with Gasteiger partial charge in [0.05, 0.1) is 5.92 Å². The molecule has 1 atom stereocenters. The van der Waals surface area contributed by atoms with Crippen LogP contribution in [0.2, 0.25) is 0 Å². The van der Waals surface area contributed by atoms with Gasteiger partial charge in [-0.3, -0.25) is 14.4 Å². The van der Waals surface area contributed by atoms with Crippen LogP contribution in [0.25, 0.3) is 0 Å². The molecule has 0 aliphatic carbocycles. The zero-order chi connectivity index (χ0) is 17.3. The molecule has 1 aromatic heterocycles. The van der Waals surface area contributed by atoms with Gasteiger partial charge in [0.25, 0.3) is 5.56 Å². The van der Waals surface area contributed by atoms with Crippen LogP contribution in [-0.2, 0) is 9.59 Å². The van der Waals surface area contributed by atoms with Crippen LogP contribution >= 0.6 is 0 Å². The number of carbonyl (C=O) groups excluding carboxylic acids is 2. The van der Waals surface area contributed by atoms with Crippen molar-refractivity contribution in [1.29, 1.82) is 0 Å².